The third kappa shape index (κ3) is 5.99. The highest BCUT2D eigenvalue weighted by Gasteiger charge is 1.96. The van der Waals surface area contributed by atoms with Crippen molar-refractivity contribution in [3.8, 4) is 0 Å². The summed E-state index contributed by atoms with van der Waals surface area (Å²) in [6, 6.07) is 9.45. The van der Waals surface area contributed by atoms with E-state index in [0.717, 1.165) is 5.56 Å². The lowest BCUT2D eigenvalue weighted by molar-refractivity contribution is -0.116. The van der Waals surface area contributed by atoms with Crippen molar-refractivity contribution in [1.29, 1.82) is 0 Å². The lowest BCUT2D eigenvalue weighted by Gasteiger charge is -2.01. The van der Waals surface area contributed by atoms with Crippen molar-refractivity contribution in [2.75, 3.05) is 13.2 Å². The quantitative estimate of drug-likeness (QED) is 0.587. The first-order chi connectivity index (χ1) is 8.18. The molecule has 0 aliphatic heterocycles. The van der Waals surface area contributed by atoms with Crippen LogP contribution in [0.25, 0.3) is 6.08 Å². The van der Waals surface area contributed by atoms with E-state index in [2.05, 4.69) is 10.1 Å². The molecule has 1 aromatic carbocycles. The van der Waals surface area contributed by atoms with Gasteiger partial charge in [0.2, 0.25) is 5.91 Å². The van der Waals surface area contributed by atoms with Crippen LogP contribution in [0, 0.1) is 0 Å². The molecular weight excluding hydrogens is 220 g/mol. The summed E-state index contributed by atoms with van der Waals surface area (Å²) in [5.74, 6) is -0.248. The summed E-state index contributed by atoms with van der Waals surface area (Å²) < 4.78 is 4.46. The van der Waals surface area contributed by atoms with Crippen LogP contribution in [0.1, 0.15) is 5.56 Å². The molecular formula is C12H14N2O3. The number of rotatable bonds is 5. The highest BCUT2D eigenvalue weighted by atomic mass is 16.5. The number of nitrogens with two attached hydrogens (primary N) is 1. The topological polar surface area (TPSA) is 81.4 Å². The van der Waals surface area contributed by atoms with E-state index in [1.165, 1.54) is 6.08 Å². The highest BCUT2D eigenvalue weighted by molar-refractivity contribution is 5.91. The van der Waals surface area contributed by atoms with Gasteiger partial charge in [-0.05, 0) is 11.6 Å². The number of benzene rings is 1. The second-order valence-corrected chi connectivity index (χ2v) is 3.20. The molecule has 0 aliphatic rings. The first kappa shape index (κ1) is 12.8. The van der Waals surface area contributed by atoms with Gasteiger partial charge in [-0.3, -0.25) is 4.79 Å². The average Bonchev–Trinajstić information content (AvgIpc) is 2.33. The van der Waals surface area contributed by atoms with E-state index in [9.17, 15) is 9.59 Å². The van der Waals surface area contributed by atoms with Crippen LogP contribution >= 0.6 is 0 Å². The van der Waals surface area contributed by atoms with Gasteiger partial charge in [0.05, 0.1) is 6.54 Å². The predicted octanol–water partition coefficient (Wildman–Crippen LogP) is 0.911. The Hall–Kier alpha value is -2.30. The molecule has 2 amide bonds. The monoisotopic (exact) mass is 234 g/mol. The largest absolute Gasteiger partial charge is 0.448 e. The molecule has 5 nitrogen and oxygen atoms in total. The maximum Gasteiger partial charge on any atom is 0.404 e. The fourth-order valence-electron chi connectivity index (χ4n) is 1.12. The van der Waals surface area contributed by atoms with Gasteiger partial charge in [0.25, 0.3) is 0 Å². The summed E-state index contributed by atoms with van der Waals surface area (Å²) in [6.45, 7) is 0.307. The number of ether oxygens (including phenoxy) is 1. The second kappa shape index (κ2) is 7.05. The van der Waals surface area contributed by atoms with Gasteiger partial charge in [0.15, 0.2) is 0 Å². The molecule has 0 saturated carbocycles. The van der Waals surface area contributed by atoms with E-state index < -0.39 is 6.09 Å². The van der Waals surface area contributed by atoms with Crippen LogP contribution in [0.15, 0.2) is 36.4 Å². The Morgan fingerprint density at radius 3 is 2.65 bits per heavy atom. The van der Waals surface area contributed by atoms with Gasteiger partial charge >= 0.3 is 6.09 Å². The van der Waals surface area contributed by atoms with Gasteiger partial charge < -0.3 is 15.8 Å². The molecule has 17 heavy (non-hydrogen) atoms. The smallest absolute Gasteiger partial charge is 0.404 e. The molecule has 0 atom stereocenters. The van der Waals surface area contributed by atoms with Crippen molar-refractivity contribution in [2.45, 2.75) is 0 Å². The van der Waals surface area contributed by atoms with E-state index in [1.807, 2.05) is 30.3 Å². The standard InChI is InChI=1S/C12H14N2O3/c13-12(16)17-9-8-14-11(15)7-6-10-4-2-1-3-5-10/h1-7H,8-9H2,(H2,13,16)(H,14,15). The fraction of sp³-hybridized carbons (Fsp3) is 0.167. The molecule has 0 spiro atoms. The minimum atomic E-state index is -0.848. The Bertz CT molecular complexity index is 401. The number of nitrogens with one attached hydrogen (secondary N) is 1. The first-order valence-corrected chi connectivity index (χ1v) is 5.11. The lowest BCUT2D eigenvalue weighted by atomic mass is 10.2. The van der Waals surface area contributed by atoms with Crippen LogP contribution in [-0.2, 0) is 9.53 Å². The van der Waals surface area contributed by atoms with Gasteiger partial charge in [0.1, 0.15) is 6.61 Å². The molecule has 0 saturated heterocycles. The Balaban J connectivity index is 2.25. The van der Waals surface area contributed by atoms with E-state index in [4.69, 9.17) is 5.73 Å². The van der Waals surface area contributed by atoms with Crippen molar-refractivity contribution in [1.82, 2.24) is 5.32 Å². The van der Waals surface area contributed by atoms with E-state index in [1.54, 1.807) is 6.08 Å². The first-order valence-electron chi connectivity index (χ1n) is 5.11. The normalized spacial score (nSPS) is 10.1. The summed E-state index contributed by atoms with van der Waals surface area (Å²) in [4.78, 5) is 21.5. The number of carbonyl (C=O) groups excluding carboxylic acids is 2. The fourth-order valence-corrected chi connectivity index (χ4v) is 1.12. The third-order valence-electron chi connectivity index (χ3n) is 1.87. The Morgan fingerprint density at radius 2 is 2.00 bits per heavy atom. The van der Waals surface area contributed by atoms with Crippen LogP contribution in [-0.4, -0.2) is 25.2 Å². The number of hydrogen-bond donors (Lipinski definition) is 2. The second-order valence-electron chi connectivity index (χ2n) is 3.20. The third-order valence-corrected chi connectivity index (χ3v) is 1.87. The molecule has 1 aromatic rings. The summed E-state index contributed by atoms with van der Waals surface area (Å²) in [7, 11) is 0. The van der Waals surface area contributed by atoms with Crippen LogP contribution in [0.3, 0.4) is 0 Å². The minimum absolute atomic E-state index is 0.0697. The summed E-state index contributed by atoms with van der Waals surface area (Å²) >= 11 is 0. The number of hydrogen-bond acceptors (Lipinski definition) is 3. The summed E-state index contributed by atoms with van der Waals surface area (Å²) in [5.41, 5.74) is 5.70. The molecule has 5 heteroatoms. The van der Waals surface area contributed by atoms with E-state index >= 15 is 0 Å². The molecule has 0 unspecified atom stereocenters. The minimum Gasteiger partial charge on any atom is -0.448 e. The summed E-state index contributed by atoms with van der Waals surface area (Å²) in [6.07, 6.45) is 2.27. The number of primary amides is 1. The zero-order valence-corrected chi connectivity index (χ0v) is 9.26. The van der Waals surface area contributed by atoms with Gasteiger partial charge in [-0.25, -0.2) is 4.79 Å². The molecule has 0 aliphatic carbocycles. The lowest BCUT2D eigenvalue weighted by Crippen LogP contribution is -2.27. The van der Waals surface area contributed by atoms with Crippen molar-refractivity contribution >= 4 is 18.1 Å². The maximum atomic E-state index is 11.3. The molecule has 90 valence electrons. The van der Waals surface area contributed by atoms with Crippen molar-refractivity contribution in [3.63, 3.8) is 0 Å². The number of amides is 2. The maximum absolute atomic E-state index is 11.3. The van der Waals surface area contributed by atoms with Crippen LogP contribution in [0.5, 0.6) is 0 Å². The predicted molar refractivity (Wildman–Crippen MR) is 64.0 cm³/mol. The molecule has 1 rings (SSSR count). The Kier molecular flexibility index (Phi) is 5.30. The zero-order chi connectivity index (χ0) is 12.5. The molecule has 0 aromatic heterocycles. The van der Waals surface area contributed by atoms with Gasteiger partial charge in [-0.2, -0.15) is 0 Å². The average molecular weight is 234 g/mol. The van der Waals surface area contributed by atoms with Gasteiger partial charge in [-0.15, -0.1) is 0 Å². The molecule has 0 fully saturated rings. The van der Waals surface area contributed by atoms with Crippen LogP contribution < -0.4 is 11.1 Å². The van der Waals surface area contributed by atoms with Crippen molar-refractivity contribution in [3.05, 3.63) is 42.0 Å². The highest BCUT2D eigenvalue weighted by Crippen LogP contribution is 2.00. The summed E-state index contributed by atoms with van der Waals surface area (Å²) in [5, 5.41) is 2.55. The zero-order valence-electron chi connectivity index (χ0n) is 9.26. The molecule has 3 N–H and O–H groups in total. The van der Waals surface area contributed by atoms with E-state index in [0.29, 0.717) is 0 Å². The molecule has 0 bridgehead atoms. The Labute approximate surface area is 99.3 Å². The van der Waals surface area contributed by atoms with E-state index in [-0.39, 0.29) is 19.1 Å². The van der Waals surface area contributed by atoms with Crippen LogP contribution in [0.4, 0.5) is 4.79 Å². The molecule has 0 radical (unpaired) electrons. The molecule has 0 heterocycles. The van der Waals surface area contributed by atoms with Crippen molar-refractivity contribution < 1.29 is 14.3 Å². The van der Waals surface area contributed by atoms with Crippen LogP contribution in [0.2, 0.25) is 0 Å². The van der Waals surface area contributed by atoms with Gasteiger partial charge in [-0.1, -0.05) is 30.3 Å². The number of carbonyl (C=O) groups is 2. The van der Waals surface area contributed by atoms with Gasteiger partial charge in [0, 0.05) is 6.08 Å². The Morgan fingerprint density at radius 1 is 1.29 bits per heavy atom. The van der Waals surface area contributed by atoms with Crippen molar-refractivity contribution in [2.24, 2.45) is 5.73 Å². The SMILES string of the molecule is NC(=O)OCCNC(=O)C=Cc1ccccc1.